The van der Waals surface area contributed by atoms with Crippen LogP contribution in [0.4, 0.5) is 0 Å². The van der Waals surface area contributed by atoms with Crippen molar-refractivity contribution in [1.82, 2.24) is 19.4 Å². The number of aromatic amines is 1. The summed E-state index contributed by atoms with van der Waals surface area (Å²) in [7, 11) is 2.00. The van der Waals surface area contributed by atoms with E-state index in [4.69, 9.17) is 5.26 Å². The highest BCUT2D eigenvalue weighted by atomic mass is 35.5. The smallest absolute Gasteiger partial charge is 0.262 e. The van der Waals surface area contributed by atoms with Gasteiger partial charge in [-0.15, -0.1) is 12.4 Å². The summed E-state index contributed by atoms with van der Waals surface area (Å²) in [6.45, 7) is 2.98. The van der Waals surface area contributed by atoms with Gasteiger partial charge in [0.25, 0.3) is 11.8 Å². The van der Waals surface area contributed by atoms with Crippen molar-refractivity contribution < 1.29 is 9.59 Å². The SMILES string of the molecule is Cl.Cn1c2ccccc2c2c3c(ccc21)C(=O)N(CCN1CCC(Cc2c[nH]c4cc(C#N)ccc24)C1)C3=O. The van der Waals surface area contributed by atoms with Gasteiger partial charge in [0.2, 0.25) is 0 Å². The first kappa shape index (κ1) is 25.2. The molecule has 1 atom stereocenters. The Morgan fingerprint density at radius 2 is 1.85 bits per heavy atom. The van der Waals surface area contributed by atoms with Gasteiger partial charge in [-0.3, -0.25) is 14.5 Å². The number of H-pyrrole nitrogens is 1. The minimum atomic E-state index is -0.189. The number of imide groups is 1. The first-order valence-electron chi connectivity index (χ1n) is 13.1. The van der Waals surface area contributed by atoms with E-state index >= 15 is 0 Å². The molecule has 0 radical (unpaired) electrons. The molecule has 0 saturated carbocycles. The molecule has 8 heteroatoms. The molecular weight excluding hydrogens is 510 g/mol. The Morgan fingerprint density at radius 3 is 2.69 bits per heavy atom. The molecule has 2 aliphatic heterocycles. The van der Waals surface area contributed by atoms with Crippen LogP contribution in [0.25, 0.3) is 32.7 Å². The van der Waals surface area contributed by atoms with Gasteiger partial charge >= 0.3 is 0 Å². The Labute approximate surface area is 232 Å². The molecule has 1 saturated heterocycles. The van der Waals surface area contributed by atoms with Crippen LogP contribution in [0.5, 0.6) is 0 Å². The van der Waals surface area contributed by atoms with Crippen LogP contribution in [0.2, 0.25) is 0 Å². The summed E-state index contributed by atoms with van der Waals surface area (Å²) in [6, 6.07) is 19.8. The molecule has 39 heavy (non-hydrogen) atoms. The normalized spacial score (nSPS) is 17.3. The summed E-state index contributed by atoms with van der Waals surface area (Å²) in [6.07, 6.45) is 4.11. The number of amides is 2. The van der Waals surface area contributed by atoms with Gasteiger partial charge in [-0.2, -0.15) is 5.26 Å². The molecule has 7 nitrogen and oxygen atoms in total. The van der Waals surface area contributed by atoms with E-state index in [1.54, 1.807) is 0 Å². The quantitative estimate of drug-likeness (QED) is 0.310. The number of halogens is 1. The molecule has 0 spiro atoms. The van der Waals surface area contributed by atoms with Crippen molar-refractivity contribution in [2.45, 2.75) is 12.8 Å². The molecule has 3 aromatic carbocycles. The maximum absolute atomic E-state index is 13.6. The van der Waals surface area contributed by atoms with Crippen LogP contribution in [-0.2, 0) is 13.5 Å². The first-order valence-corrected chi connectivity index (χ1v) is 13.1. The predicted octanol–water partition coefficient (Wildman–Crippen LogP) is 5.27. The van der Waals surface area contributed by atoms with E-state index in [1.165, 1.54) is 15.8 Å². The molecule has 1 unspecified atom stereocenters. The van der Waals surface area contributed by atoms with E-state index in [0.29, 0.717) is 35.7 Å². The van der Waals surface area contributed by atoms with Gasteiger partial charge in [0.15, 0.2) is 0 Å². The van der Waals surface area contributed by atoms with E-state index in [-0.39, 0.29) is 24.2 Å². The Hall–Kier alpha value is -4.12. The molecule has 2 amide bonds. The number of carbonyl (C=O) groups excluding carboxylic acids is 2. The van der Waals surface area contributed by atoms with Gasteiger partial charge in [0.1, 0.15) is 0 Å². The molecule has 2 aliphatic rings. The van der Waals surface area contributed by atoms with Crippen molar-refractivity contribution in [3.63, 3.8) is 0 Å². The molecule has 0 aliphatic carbocycles. The van der Waals surface area contributed by atoms with Crippen molar-refractivity contribution in [2.75, 3.05) is 26.2 Å². The minimum absolute atomic E-state index is 0. The largest absolute Gasteiger partial charge is 0.361 e. The van der Waals surface area contributed by atoms with Crippen LogP contribution in [-0.4, -0.2) is 57.3 Å². The number of nitrogens with zero attached hydrogens (tertiary/aromatic N) is 4. The highest BCUT2D eigenvalue weighted by molar-refractivity contribution is 6.30. The molecule has 2 aromatic heterocycles. The topological polar surface area (TPSA) is 85.1 Å². The van der Waals surface area contributed by atoms with E-state index in [1.807, 2.05) is 61.6 Å². The van der Waals surface area contributed by atoms with Gasteiger partial charge in [0, 0.05) is 65.6 Å². The van der Waals surface area contributed by atoms with E-state index in [2.05, 4.69) is 26.7 Å². The predicted molar refractivity (Wildman–Crippen MR) is 154 cm³/mol. The Bertz CT molecular complexity index is 1830. The van der Waals surface area contributed by atoms with Crippen LogP contribution < -0.4 is 0 Å². The van der Waals surface area contributed by atoms with Gasteiger partial charge in [-0.25, -0.2) is 0 Å². The fourth-order valence-electron chi connectivity index (χ4n) is 6.49. The van der Waals surface area contributed by atoms with Crippen molar-refractivity contribution in [3.8, 4) is 6.07 Å². The van der Waals surface area contributed by atoms with Gasteiger partial charge in [0.05, 0.1) is 22.8 Å². The molecule has 4 heterocycles. The van der Waals surface area contributed by atoms with E-state index < -0.39 is 0 Å². The number of hydrogen-bond acceptors (Lipinski definition) is 4. The van der Waals surface area contributed by atoms with Crippen LogP contribution >= 0.6 is 12.4 Å². The lowest BCUT2D eigenvalue weighted by molar-refractivity contribution is 0.0641. The summed E-state index contributed by atoms with van der Waals surface area (Å²) >= 11 is 0. The maximum atomic E-state index is 13.6. The average molecular weight is 538 g/mol. The van der Waals surface area contributed by atoms with Gasteiger partial charge < -0.3 is 14.5 Å². The monoisotopic (exact) mass is 537 g/mol. The number of carbonyl (C=O) groups is 2. The first-order chi connectivity index (χ1) is 18.5. The summed E-state index contributed by atoms with van der Waals surface area (Å²) < 4.78 is 2.09. The van der Waals surface area contributed by atoms with Crippen molar-refractivity contribution in [1.29, 1.82) is 5.26 Å². The van der Waals surface area contributed by atoms with Crippen LogP contribution in [0.1, 0.15) is 38.3 Å². The second-order valence-electron chi connectivity index (χ2n) is 10.6. The average Bonchev–Trinajstić information content (AvgIpc) is 3.69. The summed E-state index contributed by atoms with van der Waals surface area (Å²) in [5, 5.41) is 12.2. The zero-order valence-electron chi connectivity index (χ0n) is 21.6. The van der Waals surface area contributed by atoms with Crippen molar-refractivity contribution in [2.24, 2.45) is 13.0 Å². The lowest BCUT2D eigenvalue weighted by atomic mass is 9.98. The standard InChI is InChI=1S/C31H27N5O2.ClH/c1-34-26-5-3-2-4-23(26)28-27(34)9-8-24-29(28)31(38)36(30(24)37)13-12-35-11-10-20(18-35)14-21-17-33-25-15-19(16-32)6-7-22(21)25;/h2-9,15,17,20,33H,10-14,18H2,1H3;1H. The zero-order valence-corrected chi connectivity index (χ0v) is 22.4. The van der Waals surface area contributed by atoms with Gasteiger partial charge in [-0.1, -0.05) is 24.3 Å². The number of nitrogens with one attached hydrogen (secondary N) is 1. The molecule has 0 bridgehead atoms. The highest BCUT2D eigenvalue weighted by Crippen LogP contribution is 2.36. The van der Waals surface area contributed by atoms with Crippen molar-refractivity contribution >= 4 is 56.9 Å². The number of nitriles is 1. The highest BCUT2D eigenvalue weighted by Gasteiger charge is 2.38. The lowest BCUT2D eigenvalue weighted by Crippen LogP contribution is -2.37. The number of rotatable bonds is 5. The summed E-state index contributed by atoms with van der Waals surface area (Å²) in [4.78, 5) is 34.0. The van der Waals surface area contributed by atoms with Crippen LogP contribution in [0, 0.1) is 17.2 Å². The van der Waals surface area contributed by atoms with Crippen LogP contribution in [0.3, 0.4) is 0 Å². The molecule has 7 rings (SSSR count). The Morgan fingerprint density at radius 1 is 1.00 bits per heavy atom. The Kier molecular flexibility index (Phi) is 6.17. The third-order valence-electron chi connectivity index (χ3n) is 8.43. The summed E-state index contributed by atoms with van der Waals surface area (Å²) in [5.74, 6) is 0.145. The third-order valence-corrected chi connectivity index (χ3v) is 8.43. The fourth-order valence-corrected chi connectivity index (χ4v) is 6.49. The number of aromatic nitrogens is 2. The second-order valence-corrected chi connectivity index (χ2v) is 10.6. The van der Waals surface area contributed by atoms with E-state index in [0.717, 1.165) is 53.3 Å². The molecule has 196 valence electrons. The number of para-hydroxylation sites is 1. The van der Waals surface area contributed by atoms with Gasteiger partial charge in [-0.05, 0) is 61.2 Å². The zero-order chi connectivity index (χ0) is 26.0. The van der Waals surface area contributed by atoms with Crippen molar-refractivity contribution in [3.05, 3.63) is 83.0 Å². The minimum Gasteiger partial charge on any atom is -0.361 e. The molecular formula is C31H28ClN5O2. The summed E-state index contributed by atoms with van der Waals surface area (Å²) in [5.41, 5.74) is 6.01. The lowest BCUT2D eigenvalue weighted by Gasteiger charge is -2.20. The third kappa shape index (κ3) is 3.91. The number of fused-ring (bicyclic) bond motifs is 6. The molecule has 5 aromatic rings. The fraction of sp³-hybridized carbons (Fsp3) is 0.258. The van der Waals surface area contributed by atoms with Crippen LogP contribution in [0.15, 0.2) is 60.8 Å². The van der Waals surface area contributed by atoms with E-state index in [9.17, 15) is 9.59 Å². The molecule has 1 fully saturated rings. The maximum Gasteiger partial charge on any atom is 0.262 e. The number of hydrogen-bond donors (Lipinski definition) is 1. The number of aryl methyl sites for hydroxylation is 1. The number of likely N-dealkylation sites (tertiary alicyclic amines) is 1. The molecule has 1 N–H and O–H groups in total. The number of benzene rings is 3. The Balaban J connectivity index is 0.00000277. The second kappa shape index (κ2) is 9.57.